The first kappa shape index (κ1) is 14.7. The van der Waals surface area contributed by atoms with Gasteiger partial charge in [-0.1, -0.05) is 36.4 Å². The van der Waals surface area contributed by atoms with E-state index in [1.165, 1.54) is 6.08 Å². The normalized spacial score (nSPS) is 17.7. The van der Waals surface area contributed by atoms with E-state index in [1.54, 1.807) is 13.0 Å². The lowest BCUT2D eigenvalue weighted by atomic mass is 10.1. The molecule has 5 heteroatoms. The van der Waals surface area contributed by atoms with E-state index in [-0.39, 0.29) is 12.1 Å². The number of carbonyl (C=O) groups is 3. The Kier molecular flexibility index (Phi) is 4.33. The Morgan fingerprint density at radius 2 is 1.90 bits per heavy atom. The van der Waals surface area contributed by atoms with Crippen molar-refractivity contribution in [3.05, 3.63) is 53.1 Å². The van der Waals surface area contributed by atoms with Crippen molar-refractivity contribution in [3.8, 4) is 0 Å². The summed E-state index contributed by atoms with van der Waals surface area (Å²) in [6.45, 7) is 3.87. The number of nitrogens with one attached hydrogen (secondary N) is 1. The smallest absolute Gasteiger partial charge is 0.273 e. The van der Waals surface area contributed by atoms with Crippen LogP contribution in [-0.4, -0.2) is 29.3 Å². The summed E-state index contributed by atoms with van der Waals surface area (Å²) in [5, 5.41) is 2.15. The summed E-state index contributed by atoms with van der Waals surface area (Å²) in [6, 6.07) is 7.09. The minimum absolute atomic E-state index is 0.0405. The lowest BCUT2D eigenvalue weighted by Gasteiger charge is -2.24. The highest BCUT2D eigenvalue weighted by Gasteiger charge is 2.34. The van der Waals surface area contributed by atoms with Crippen LogP contribution in [0.25, 0.3) is 6.08 Å². The number of carbonyl (C=O) groups excluding carboxylic acids is 3. The van der Waals surface area contributed by atoms with Crippen LogP contribution >= 0.6 is 0 Å². The maximum absolute atomic E-state index is 12.0. The molecule has 4 amide bonds. The van der Waals surface area contributed by atoms with Gasteiger partial charge in [0.05, 0.1) is 0 Å². The van der Waals surface area contributed by atoms with Crippen LogP contribution in [0.5, 0.6) is 0 Å². The van der Waals surface area contributed by atoms with Gasteiger partial charge in [0.15, 0.2) is 0 Å². The molecule has 1 heterocycles. The van der Waals surface area contributed by atoms with E-state index in [2.05, 4.69) is 5.32 Å². The Hall–Kier alpha value is -2.69. The quantitative estimate of drug-likeness (QED) is 0.682. The third-order valence-corrected chi connectivity index (χ3v) is 3.23. The number of allylic oxidation sites excluding steroid dienone is 2. The number of benzene rings is 1. The van der Waals surface area contributed by atoms with Gasteiger partial charge in [0.1, 0.15) is 5.57 Å². The van der Waals surface area contributed by atoms with Gasteiger partial charge in [0, 0.05) is 6.54 Å². The molecule has 1 aliphatic heterocycles. The number of rotatable bonds is 3. The molecule has 1 aromatic rings. The summed E-state index contributed by atoms with van der Waals surface area (Å²) in [4.78, 5) is 36.2. The molecule has 0 aromatic heterocycles. The van der Waals surface area contributed by atoms with E-state index in [4.69, 9.17) is 0 Å². The van der Waals surface area contributed by atoms with Crippen molar-refractivity contribution in [1.29, 1.82) is 0 Å². The zero-order chi connectivity index (χ0) is 15.4. The number of nitrogens with zero attached hydrogens (tertiary/aromatic N) is 1. The van der Waals surface area contributed by atoms with Crippen LogP contribution in [-0.2, 0) is 9.59 Å². The van der Waals surface area contributed by atoms with Gasteiger partial charge >= 0.3 is 6.03 Å². The minimum Gasteiger partial charge on any atom is -0.273 e. The fraction of sp³-hybridized carbons (Fsp3) is 0.188. The first-order valence-corrected chi connectivity index (χ1v) is 6.65. The van der Waals surface area contributed by atoms with Gasteiger partial charge in [-0.2, -0.15) is 0 Å². The maximum Gasteiger partial charge on any atom is 0.331 e. The lowest BCUT2D eigenvalue weighted by molar-refractivity contribution is -0.130. The van der Waals surface area contributed by atoms with Crippen molar-refractivity contribution >= 4 is 23.9 Å². The summed E-state index contributed by atoms with van der Waals surface area (Å²) >= 11 is 0. The fourth-order valence-corrected chi connectivity index (χ4v) is 2.02. The zero-order valence-corrected chi connectivity index (χ0v) is 11.9. The molecule has 0 bridgehead atoms. The summed E-state index contributed by atoms with van der Waals surface area (Å²) in [7, 11) is 0. The van der Waals surface area contributed by atoms with E-state index in [9.17, 15) is 14.4 Å². The number of urea groups is 1. The molecular weight excluding hydrogens is 268 g/mol. The van der Waals surface area contributed by atoms with Crippen LogP contribution in [0.1, 0.15) is 18.1 Å². The Labute approximate surface area is 122 Å². The molecule has 5 nitrogen and oxygen atoms in total. The van der Waals surface area contributed by atoms with Gasteiger partial charge in [0.2, 0.25) is 0 Å². The molecule has 2 rings (SSSR count). The molecule has 0 radical (unpaired) electrons. The Morgan fingerprint density at radius 1 is 1.19 bits per heavy atom. The molecule has 0 saturated carbocycles. The standard InChI is InChI=1S/C16H16N2O3/c1-3-18-15(20)13(14(19)17-16(18)21)10-6-9-12-8-5-4-7-11(12)2/h4-10H,3H2,1-2H3,(H,17,19,21)/b9-6+,13-10-. The average Bonchev–Trinajstić information content (AvgIpc) is 2.44. The topological polar surface area (TPSA) is 66.5 Å². The monoisotopic (exact) mass is 284 g/mol. The van der Waals surface area contributed by atoms with Crippen molar-refractivity contribution in [2.24, 2.45) is 0 Å². The van der Waals surface area contributed by atoms with E-state index in [1.807, 2.05) is 37.3 Å². The number of barbiturate groups is 1. The van der Waals surface area contributed by atoms with Crippen molar-refractivity contribution < 1.29 is 14.4 Å². The van der Waals surface area contributed by atoms with Gasteiger partial charge in [-0.25, -0.2) is 4.79 Å². The SMILES string of the molecule is CCN1C(=O)NC(=O)/C(=C/C=C/c2ccccc2C)C1=O. The number of likely N-dealkylation sites (N-methyl/N-ethyl adjacent to an activating group) is 1. The predicted octanol–water partition coefficient (Wildman–Crippen LogP) is 2.03. The summed E-state index contributed by atoms with van der Waals surface area (Å²) in [6.07, 6.45) is 4.88. The van der Waals surface area contributed by atoms with Crippen LogP contribution in [0.15, 0.2) is 42.0 Å². The van der Waals surface area contributed by atoms with Crippen molar-refractivity contribution in [2.45, 2.75) is 13.8 Å². The molecule has 108 valence electrons. The van der Waals surface area contributed by atoms with Crippen LogP contribution in [0, 0.1) is 6.92 Å². The van der Waals surface area contributed by atoms with E-state index >= 15 is 0 Å². The van der Waals surface area contributed by atoms with Crippen molar-refractivity contribution in [3.63, 3.8) is 0 Å². The molecule has 0 atom stereocenters. The molecule has 21 heavy (non-hydrogen) atoms. The van der Waals surface area contributed by atoms with Crippen LogP contribution in [0.2, 0.25) is 0 Å². The van der Waals surface area contributed by atoms with Gasteiger partial charge in [0.25, 0.3) is 11.8 Å². The summed E-state index contributed by atoms with van der Waals surface area (Å²) in [5.41, 5.74) is 2.06. The largest absolute Gasteiger partial charge is 0.331 e. The molecule has 1 saturated heterocycles. The number of hydrogen-bond acceptors (Lipinski definition) is 3. The highest BCUT2D eigenvalue weighted by atomic mass is 16.2. The van der Waals surface area contributed by atoms with Crippen LogP contribution in [0.4, 0.5) is 4.79 Å². The first-order chi connectivity index (χ1) is 10.0. The average molecular weight is 284 g/mol. The number of hydrogen-bond donors (Lipinski definition) is 1. The summed E-state index contributed by atoms with van der Waals surface area (Å²) < 4.78 is 0. The molecular formula is C16H16N2O3. The van der Waals surface area contributed by atoms with E-state index in [0.29, 0.717) is 0 Å². The molecule has 1 aliphatic rings. The maximum atomic E-state index is 12.0. The molecule has 0 aliphatic carbocycles. The number of imide groups is 2. The van der Waals surface area contributed by atoms with Crippen molar-refractivity contribution in [1.82, 2.24) is 10.2 Å². The zero-order valence-electron chi connectivity index (χ0n) is 11.9. The molecule has 1 N–H and O–H groups in total. The second-order valence-electron chi connectivity index (χ2n) is 4.60. The second kappa shape index (κ2) is 6.17. The van der Waals surface area contributed by atoms with Crippen molar-refractivity contribution in [2.75, 3.05) is 6.54 Å². The fourth-order valence-electron chi connectivity index (χ4n) is 2.02. The predicted molar refractivity (Wildman–Crippen MR) is 79.2 cm³/mol. The van der Waals surface area contributed by atoms with Gasteiger partial charge in [-0.05, 0) is 31.1 Å². The number of amides is 4. The van der Waals surface area contributed by atoms with Gasteiger partial charge in [-0.3, -0.25) is 19.8 Å². The van der Waals surface area contributed by atoms with Gasteiger partial charge in [-0.15, -0.1) is 0 Å². The minimum atomic E-state index is -0.674. The first-order valence-electron chi connectivity index (χ1n) is 6.65. The second-order valence-corrected chi connectivity index (χ2v) is 4.60. The number of aryl methyl sites for hydroxylation is 1. The molecule has 0 spiro atoms. The van der Waals surface area contributed by atoms with E-state index < -0.39 is 17.8 Å². The van der Waals surface area contributed by atoms with E-state index in [0.717, 1.165) is 16.0 Å². The summed E-state index contributed by atoms with van der Waals surface area (Å²) in [5.74, 6) is -1.23. The highest BCUT2D eigenvalue weighted by molar-refractivity contribution is 6.28. The molecule has 0 unspecified atom stereocenters. The van der Waals surface area contributed by atoms with Crippen LogP contribution < -0.4 is 5.32 Å². The Morgan fingerprint density at radius 3 is 2.57 bits per heavy atom. The Bertz CT molecular complexity index is 659. The molecule has 1 aromatic carbocycles. The highest BCUT2D eigenvalue weighted by Crippen LogP contribution is 2.12. The van der Waals surface area contributed by atoms with Crippen LogP contribution in [0.3, 0.4) is 0 Å². The third kappa shape index (κ3) is 3.08. The molecule has 1 fully saturated rings. The van der Waals surface area contributed by atoms with Gasteiger partial charge < -0.3 is 0 Å². The third-order valence-electron chi connectivity index (χ3n) is 3.23. The Balaban J connectivity index is 2.24. The lowest BCUT2D eigenvalue weighted by Crippen LogP contribution is -2.53.